The number of benzene rings is 1. The molecule has 1 unspecified atom stereocenters. The van der Waals surface area contributed by atoms with Crippen LogP contribution in [0.4, 0.5) is 0 Å². The van der Waals surface area contributed by atoms with Crippen molar-refractivity contribution in [3.8, 4) is 11.5 Å². The lowest BCUT2D eigenvalue weighted by Crippen LogP contribution is -2.57. The van der Waals surface area contributed by atoms with E-state index < -0.39 is 5.54 Å². The molecular formula is C16H23NO4. The minimum Gasteiger partial charge on any atom is -0.493 e. The van der Waals surface area contributed by atoms with Crippen molar-refractivity contribution in [3.05, 3.63) is 24.3 Å². The molecule has 116 valence electrons. The number of nitrogens with one attached hydrogen (secondary N) is 1. The Labute approximate surface area is 125 Å². The fourth-order valence-electron chi connectivity index (χ4n) is 2.49. The summed E-state index contributed by atoms with van der Waals surface area (Å²) in [6, 6.07) is 7.42. The number of hydrogen-bond donors (Lipinski definition) is 1. The largest absolute Gasteiger partial charge is 0.493 e. The maximum atomic E-state index is 12.4. The van der Waals surface area contributed by atoms with Gasteiger partial charge in [0.15, 0.2) is 17.0 Å². The molecule has 5 nitrogen and oxygen atoms in total. The lowest BCUT2D eigenvalue weighted by molar-refractivity contribution is -0.153. The molecule has 0 aliphatic heterocycles. The van der Waals surface area contributed by atoms with Crippen molar-refractivity contribution in [3.63, 3.8) is 0 Å². The summed E-state index contributed by atoms with van der Waals surface area (Å²) >= 11 is 0. The molecule has 1 N–H and O–H groups in total. The third-order valence-corrected chi connectivity index (χ3v) is 3.88. The molecule has 1 aromatic rings. The fraction of sp³-hybridized carbons (Fsp3) is 0.562. The normalized spacial score (nSPS) is 16.9. The zero-order chi connectivity index (χ0) is 15.3. The number of likely N-dealkylation sites (N-methyl/N-ethyl adjacent to an activating group) is 1. The average Bonchev–Trinajstić information content (AvgIpc) is 3.34. The Bertz CT molecular complexity index is 487. The van der Waals surface area contributed by atoms with E-state index in [1.165, 1.54) is 0 Å². The number of carbonyl (C=O) groups is 1. The summed E-state index contributed by atoms with van der Waals surface area (Å²) in [5, 5.41) is 3.13. The summed E-state index contributed by atoms with van der Waals surface area (Å²) in [5.41, 5.74) is -0.781. The molecule has 1 aromatic carbocycles. The lowest BCUT2D eigenvalue weighted by atomic mass is 9.94. The summed E-state index contributed by atoms with van der Waals surface area (Å²) in [6.45, 7) is 2.41. The molecule has 2 rings (SSSR count). The molecule has 0 spiro atoms. The Balaban J connectivity index is 2.14. The monoisotopic (exact) mass is 293 g/mol. The van der Waals surface area contributed by atoms with E-state index in [0.717, 1.165) is 12.8 Å². The van der Waals surface area contributed by atoms with E-state index in [-0.39, 0.29) is 18.5 Å². The number of methoxy groups -OCH3 is 1. The Kier molecular flexibility index (Phi) is 5.07. The van der Waals surface area contributed by atoms with E-state index in [1.54, 1.807) is 14.2 Å². The molecule has 1 fully saturated rings. The minimum absolute atomic E-state index is 0.230. The predicted molar refractivity (Wildman–Crippen MR) is 79.6 cm³/mol. The number of para-hydroxylation sites is 2. The van der Waals surface area contributed by atoms with Crippen LogP contribution in [0.25, 0.3) is 0 Å². The molecule has 0 bridgehead atoms. The highest BCUT2D eigenvalue weighted by Gasteiger charge is 2.52. The first-order chi connectivity index (χ1) is 10.2. The van der Waals surface area contributed by atoms with Crippen LogP contribution in [0.3, 0.4) is 0 Å². The Hall–Kier alpha value is -1.75. The van der Waals surface area contributed by atoms with Gasteiger partial charge in [-0.05, 0) is 44.9 Å². The van der Waals surface area contributed by atoms with E-state index in [9.17, 15) is 4.79 Å². The summed E-state index contributed by atoms with van der Waals surface area (Å²) in [4.78, 5) is 12.4. The van der Waals surface area contributed by atoms with E-state index in [1.807, 2.05) is 31.2 Å². The molecule has 21 heavy (non-hydrogen) atoms. The van der Waals surface area contributed by atoms with Crippen LogP contribution in [0, 0.1) is 5.92 Å². The fourth-order valence-corrected chi connectivity index (χ4v) is 2.49. The predicted octanol–water partition coefficient (Wildman–Crippen LogP) is 2.01. The van der Waals surface area contributed by atoms with Gasteiger partial charge >= 0.3 is 5.97 Å². The summed E-state index contributed by atoms with van der Waals surface area (Å²) < 4.78 is 16.4. The lowest BCUT2D eigenvalue weighted by Gasteiger charge is -2.31. The molecule has 0 amide bonds. The van der Waals surface area contributed by atoms with Gasteiger partial charge in [-0.15, -0.1) is 0 Å². The van der Waals surface area contributed by atoms with Crippen LogP contribution in [-0.2, 0) is 9.53 Å². The van der Waals surface area contributed by atoms with Gasteiger partial charge in [0.25, 0.3) is 0 Å². The molecule has 1 aliphatic carbocycles. The van der Waals surface area contributed by atoms with Gasteiger partial charge in [-0.2, -0.15) is 0 Å². The Morgan fingerprint density at radius 2 is 2.00 bits per heavy atom. The van der Waals surface area contributed by atoms with Crippen molar-refractivity contribution in [2.75, 3.05) is 27.4 Å². The molecule has 5 heteroatoms. The van der Waals surface area contributed by atoms with Gasteiger partial charge < -0.3 is 19.5 Å². The van der Waals surface area contributed by atoms with Crippen LogP contribution in [0.1, 0.15) is 19.8 Å². The van der Waals surface area contributed by atoms with Crippen molar-refractivity contribution in [1.29, 1.82) is 0 Å². The topological polar surface area (TPSA) is 56.8 Å². The minimum atomic E-state index is -0.781. The Morgan fingerprint density at radius 1 is 1.33 bits per heavy atom. The molecular weight excluding hydrogens is 270 g/mol. The highest BCUT2D eigenvalue weighted by molar-refractivity contribution is 5.82. The molecule has 0 heterocycles. The van der Waals surface area contributed by atoms with Gasteiger partial charge in [-0.25, -0.2) is 4.79 Å². The van der Waals surface area contributed by atoms with Gasteiger partial charge in [0.05, 0.1) is 13.7 Å². The first-order valence-electron chi connectivity index (χ1n) is 7.30. The second-order valence-corrected chi connectivity index (χ2v) is 5.16. The number of rotatable bonds is 8. The van der Waals surface area contributed by atoms with Gasteiger partial charge in [0.1, 0.15) is 6.61 Å². The quantitative estimate of drug-likeness (QED) is 0.743. The van der Waals surface area contributed by atoms with Crippen molar-refractivity contribution >= 4 is 5.97 Å². The summed E-state index contributed by atoms with van der Waals surface area (Å²) in [5.74, 6) is 1.30. The highest BCUT2D eigenvalue weighted by atomic mass is 16.5. The molecule has 1 aliphatic rings. The highest BCUT2D eigenvalue weighted by Crippen LogP contribution is 2.41. The van der Waals surface area contributed by atoms with Crippen molar-refractivity contribution in [2.45, 2.75) is 25.3 Å². The van der Waals surface area contributed by atoms with Gasteiger partial charge in [0.2, 0.25) is 0 Å². The van der Waals surface area contributed by atoms with Gasteiger partial charge in [-0.1, -0.05) is 12.1 Å². The Morgan fingerprint density at radius 3 is 2.52 bits per heavy atom. The average molecular weight is 293 g/mol. The first-order valence-corrected chi connectivity index (χ1v) is 7.30. The second kappa shape index (κ2) is 6.80. The van der Waals surface area contributed by atoms with Crippen molar-refractivity contribution < 1.29 is 19.0 Å². The van der Waals surface area contributed by atoms with Crippen molar-refractivity contribution in [2.24, 2.45) is 5.92 Å². The van der Waals surface area contributed by atoms with Crippen molar-refractivity contribution in [1.82, 2.24) is 5.32 Å². The van der Waals surface area contributed by atoms with Crippen LogP contribution in [-0.4, -0.2) is 38.9 Å². The van der Waals surface area contributed by atoms with Gasteiger partial charge in [0, 0.05) is 0 Å². The summed E-state index contributed by atoms with van der Waals surface area (Å²) in [6.07, 6.45) is 2.02. The zero-order valence-electron chi connectivity index (χ0n) is 12.8. The zero-order valence-corrected chi connectivity index (χ0v) is 12.8. The van der Waals surface area contributed by atoms with Crippen LogP contribution in [0.5, 0.6) is 11.5 Å². The number of ether oxygens (including phenoxy) is 3. The second-order valence-electron chi connectivity index (χ2n) is 5.16. The third kappa shape index (κ3) is 3.29. The van der Waals surface area contributed by atoms with E-state index in [2.05, 4.69) is 5.32 Å². The van der Waals surface area contributed by atoms with E-state index in [4.69, 9.17) is 14.2 Å². The number of hydrogen-bond acceptors (Lipinski definition) is 5. The molecule has 0 radical (unpaired) electrons. The molecule has 1 atom stereocenters. The van der Waals surface area contributed by atoms with E-state index in [0.29, 0.717) is 18.1 Å². The maximum absolute atomic E-state index is 12.4. The van der Waals surface area contributed by atoms with Crippen LogP contribution < -0.4 is 14.8 Å². The molecule has 0 aromatic heterocycles. The van der Waals surface area contributed by atoms with Crippen LogP contribution in [0.15, 0.2) is 24.3 Å². The van der Waals surface area contributed by atoms with Crippen LogP contribution >= 0.6 is 0 Å². The van der Waals surface area contributed by atoms with E-state index >= 15 is 0 Å². The third-order valence-electron chi connectivity index (χ3n) is 3.88. The SMILES string of the molecule is CCOC(=O)C(COc1ccccc1OC)(NC)C1CC1. The standard InChI is InChI=1S/C16H23NO4/c1-4-20-15(18)16(17-2,12-9-10-12)11-21-14-8-6-5-7-13(14)19-3/h5-8,12,17H,4,9-11H2,1-3H3. The molecule has 1 saturated carbocycles. The smallest absolute Gasteiger partial charge is 0.330 e. The molecule has 0 saturated heterocycles. The summed E-state index contributed by atoms with van der Waals surface area (Å²) in [7, 11) is 3.38. The number of esters is 1. The first kappa shape index (κ1) is 15.6. The van der Waals surface area contributed by atoms with Gasteiger partial charge in [-0.3, -0.25) is 0 Å². The number of carbonyl (C=O) groups excluding carboxylic acids is 1. The maximum Gasteiger partial charge on any atom is 0.330 e. The van der Waals surface area contributed by atoms with Crippen LogP contribution in [0.2, 0.25) is 0 Å².